The Morgan fingerprint density at radius 2 is 2.00 bits per heavy atom. The molecule has 6 nitrogen and oxygen atoms in total. The molecule has 0 saturated heterocycles. The predicted molar refractivity (Wildman–Crippen MR) is 104 cm³/mol. The smallest absolute Gasteiger partial charge is 0.226 e. The minimum absolute atomic E-state index is 0. The van der Waals surface area contributed by atoms with Crippen LogP contribution in [-0.4, -0.2) is 41.6 Å². The molecule has 3 atom stereocenters. The molecule has 1 fully saturated rings. The number of aromatic nitrogens is 1. The van der Waals surface area contributed by atoms with Gasteiger partial charge in [0, 0.05) is 43.7 Å². The first kappa shape index (κ1) is 21.7. The van der Waals surface area contributed by atoms with E-state index in [1.807, 2.05) is 0 Å². The van der Waals surface area contributed by atoms with Crippen LogP contribution in [0.3, 0.4) is 0 Å². The van der Waals surface area contributed by atoms with Crippen LogP contribution >= 0.6 is 12.4 Å². The third kappa shape index (κ3) is 4.44. The number of nitrogens with zero attached hydrogens (tertiary/aromatic N) is 2. The first-order valence-corrected chi connectivity index (χ1v) is 9.47. The zero-order valence-corrected chi connectivity index (χ0v) is 16.9. The van der Waals surface area contributed by atoms with E-state index in [4.69, 9.17) is 14.9 Å². The minimum atomic E-state index is -0.689. The van der Waals surface area contributed by atoms with Crippen LogP contribution in [0.15, 0.2) is 22.6 Å². The van der Waals surface area contributed by atoms with Gasteiger partial charge >= 0.3 is 0 Å². The maximum Gasteiger partial charge on any atom is 0.226 e. The fraction of sp³-hybridized carbons (Fsp3) is 0.500. The van der Waals surface area contributed by atoms with Gasteiger partial charge in [0.1, 0.15) is 23.1 Å². The molecule has 0 unspecified atom stereocenters. The zero-order chi connectivity index (χ0) is 19.8. The predicted octanol–water partition coefficient (Wildman–Crippen LogP) is 3.07. The number of hydrogen-bond acceptors (Lipinski definition) is 5. The van der Waals surface area contributed by atoms with Crippen molar-refractivity contribution in [1.29, 1.82) is 0 Å². The van der Waals surface area contributed by atoms with E-state index in [0.717, 1.165) is 18.9 Å². The Balaban J connectivity index is 0.00000240. The van der Waals surface area contributed by atoms with Gasteiger partial charge in [0.15, 0.2) is 0 Å². The van der Waals surface area contributed by atoms with Gasteiger partial charge in [-0.1, -0.05) is 0 Å². The summed E-state index contributed by atoms with van der Waals surface area (Å²) in [7, 11) is 1.62. The molecule has 4 rings (SSSR count). The molecule has 2 N–H and O–H groups in total. The van der Waals surface area contributed by atoms with Gasteiger partial charge in [0.2, 0.25) is 11.8 Å². The SMILES string of the molecule is CO[C@@H]1C[C@@H](C(=O)N2CCc3oc(-c4cc(F)cc(F)c4)nc3C2)CC[C@H]1N.Cl. The van der Waals surface area contributed by atoms with Crippen LogP contribution in [-0.2, 0) is 22.5 Å². The summed E-state index contributed by atoms with van der Waals surface area (Å²) in [4.78, 5) is 19.1. The Labute approximate surface area is 173 Å². The normalized spacial score (nSPS) is 24.0. The van der Waals surface area contributed by atoms with Crippen LogP contribution in [0.25, 0.3) is 11.5 Å². The lowest BCUT2D eigenvalue weighted by Crippen LogP contribution is -2.47. The first-order chi connectivity index (χ1) is 13.4. The second kappa shape index (κ2) is 8.77. The highest BCUT2D eigenvalue weighted by molar-refractivity contribution is 5.85. The summed E-state index contributed by atoms with van der Waals surface area (Å²) in [5, 5.41) is 0. The summed E-state index contributed by atoms with van der Waals surface area (Å²) in [5.74, 6) is -0.599. The molecule has 1 aromatic carbocycles. The highest BCUT2D eigenvalue weighted by Crippen LogP contribution is 2.31. The molecule has 0 bridgehead atoms. The molecule has 0 spiro atoms. The number of halogens is 3. The summed E-state index contributed by atoms with van der Waals surface area (Å²) in [6, 6.07) is 3.13. The lowest BCUT2D eigenvalue weighted by Gasteiger charge is -2.36. The molecule has 9 heteroatoms. The average molecular weight is 428 g/mol. The lowest BCUT2D eigenvalue weighted by atomic mass is 9.83. The highest BCUT2D eigenvalue weighted by Gasteiger charge is 2.36. The number of methoxy groups -OCH3 is 1. The van der Waals surface area contributed by atoms with E-state index >= 15 is 0 Å². The van der Waals surface area contributed by atoms with Crippen molar-refractivity contribution in [3.63, 3.8) is 0 Å². The van der Waals surface area contributed by atoms with E-state index < -0.39 is 11.6 Å². The zero-order valence-electron chi connectivity index (χ0n) is 16.1. The van der Waals surface area contributed by atoms with Gasteiger partial charge in [-0.3, -0.25) is 4.79 Å². The number of hydrogen-bond donors (Lipinski definition) is 1. The van der Waals surface area contributed by atoms with Gasteiger partial charge in [0.25, 0.3) is 0 Å². The molecule has 2 aromatic rings. The third-order valence-corrected chi connectivity index (χ3v) is 5.64. The summed E-state index contributed by atoms with van der Waals surface area (Å²) in [6.07, 6.45) is 2.53. The average Bonchev–Trinajstić information content (AvgIpc) is 3.10. The van der Waals surface area contributed by atoms with Gasteiger partial charge in [-0.2, -0.15) is 0 Å². The molecule has 1 aromatic heterocycles. The Morgan fingerprint density at radius 1 is 1.28 bits per heavy atom. The second-order valence-corrected chi connectivity index (χ2v) is 7.50. The molecule has 2 aliphatic rings. The number of ether oxygens (including phenoxy) is 1. The maximum absolute atomic E-state index is 13.5. The van der Waals surface area contributed by atoms with E-state index in [9.17, 15) is 13.6 Å². The number of amides is 1. The molecule has 29 heavy (non-hydrogen) atoms. The number of carbonyl (C=O) groups excluding carboxylic acids is 1. The second-order valence-electron chi connectivity index (χ2n) is 7.50. The number of benzene rings is 1. The maximum atomic E-state index is 13.5. The van der Waals surface area contributed by atoms with Crippen molar-refractivity contribution >= 4 is 18.3 Å². The fourth-order valence-corrected chi connectivity index (χ4v) is 4.09. The summed E-state index contributed by atoms with van der Waals surface area (Å²) >= 11 is 0. The molecule has 1 amide bonds. The Bertz CT molecular complexity index is 872. The number of carbonyl (C=O) groups is 1. The van der Waals surface area contributed by atoms with Crippen molar-refractivity contribution in [2.45, 2.75) is 44.4 Å². The number of oxazole rings is 1. The fourth-order valence-electron chi connectivity index (χ4n) is 4.09. The quantitative estimate of drug-likeness (QED) is 0.814. The van der Waals surface area contributed by atoms with Gasteiger partial charge in [-0.25, -0.2) is 13.8 Å². The Kier molecular flexibility index (Phi) is 6.55. The molecule has 0 radical (unpaired) electrons. The summed E-state index contributed by atoms with van der Waals surface area (Å²) in [5.41, 5.74) is 6.93. The van der Waals surface area contributed by atoms with Crippen molar-refractivity contribution in [1.82, 2.24) is 9.88 Å². The standard InChI is InChI=1S/C20H23F2N3O3.ClH/c1-27-18-8-11(2-3-15(18)23)20(26)25-5-4-17-16(10-25)24-19(28-17)12-6-13(21)9-14(22)7-12;/h6-7,9,11,15,18H,2-5,8,10,23H2,1H3;1H/t11-,15+,18+;/m0./s1. The molecule has 2 heterocycles. The topological polar surface area (TPSA) is 81.6 Å². The number of nitrogens with two attached hydrogens (primary N) is 1. The number of fused-ring (bicyclic) bond motifs is 1. The van der Waals surface area contributed by atoms with E-state index in [-0.39, 0.29) is 47.8 Å². The summed E-state index contributed by atoms with van der Waals surface area (Å²) in [6.45, 7) is 0.855. The van der Waals surface area contributed by atoms with E-state index in [1.165, 1.54) is 12.1 Å². The van der Waals surface area contributed by atoms with E-state index in [2.05, 4.69) is 4.98 Å². The van der Waals surface area contributed by atoms with Gasteiger partial charge in [-0.05, 0) is 31.4 Å². The molecule has 1 aliphatic carbocycles. The minimum Gasteiger partial charge on any atom is -0.441 e. The van der Waals surface area contributed by atoms with Crippen LogP contribution in [0.1, 0.15) is 30.7 Å². The van der Waals surface area contributed by atoms with Crippen molar-refractivity contribution in [2.24, 2.45) is 11.7 Å². The first-order valence-electron chi connectivity index (χ1n) is 9.47. The summed E-state index contributed by atoms with van der Waals surface area (Å²) < 4.78 is 38.1. The third-order valence-electron chi connectivity index (χ3n) is 5.64. The molecule has 1 aliphatic heterocycles. The Hall–Kier alpha value is -2.03. The Morgan fingerprint density at radius 3 is 2.69 bits per heavy atom. The van der Waals surface area contributed by atoms with Gasteiger partial charge < -0.3 is 19.8 Å². The van der Waals surface area contributed by atoms with E-state index in [1.54, 1.807) is 12.0 Å². The van der Waals surface area contributed by atoms with Crippen molar-refractivity contribution in [3.05, 3.63) is 41.3 Å². The molecular formula is C20H24ClF2N3O3. The van der Waals surface area contributed by atoms with Crippen molar-refractivity contribution < 1.29 is 22.7 Å². The highest BCUT2D eigenvalue weighted by atomic mass is 35.5. The lowest BCUT2D eigenvalue weighted by molar-refractivity contribution is -0.139. The molecule has 1 saturated carbocycles. The van der Waals surface area contributed by atoms with Gasteiger partial charge in [-0.15, -0.1) is 12.4 Å². The van der Waals surface area contributed by atoms with Crippen LogP contribution in [0.4, 0.5) is 8.78 Å². The van der Waals surface area contributed by atoms with Gasteiger partial charge in [0.05, 0.1) is 12.6 Å². The molecular weight excluding hydrogens is 404 g/mol. The van der Waals surface area contributed by atoms with Crippen LogP contribution in [0.2, 0.25) is 0 Å². The van der Waals surface area contributed by atoms with Crippen LogP contribution in [0, 0.1) is 17.6 Å². The van der Waals surface area contributed by atoms with Crippen LogP contribution in [0.5, 0.6) is 0 Å². The van der Waals surface area contributed by atoms with Crippen LogP contribution < -0.4 is 5.73 Å². The van der Waals surface area contributed by atoms with Crippen molar-refractivity contribution in [3.8, 4) is 11.5 Å². The number of rotatable bonds is 3. The molecule has 158 valence electrons. The monoisotopic (exact) mass is 427 g/mol. The van der Waals surface area contributed by atoms with E-state index in [0.29, 0.717) is 37.4 Å². The largest absolute Gasteiger partial charge is 0.441 e. The van der Waals surface area contributed by atoms with Crippen molar-refractivity contribution in [2.75, 3.05) is 13.7 Å².